The summed E-state index contributed by atoms with van der Waals surface area (Å²) < 4.78 is 36.7. The molecular formula is C17H27FN4O2S. The van der Waals surface area contributed by atoms with Crippen LogP contribution in [-0.4, -0.2) is 58.8 Å². The van der Waals surface area contributed by atoms with E-state index in [2.05, 4.69) is 27.6 Å². The van der Waals surface area contributed by atoms with E-state index in [1.54, 1.807) is 7.05 Å². The van der Waals surface area contributed by atoms with Crippen LogP contribution in [0.5, 0.6) is 0 Å². The van der Waals surface area contributed by atoms with E-state index in [1.165, 1.54) is 30.9 Å². The topological polar surface area (TPSA) is 73.8 Å². The smallest absolute Gasteiger partial charge is 0.191 e. The summed E-state index contributed by atoms with van der Waals surface area (Å²) in [5.41, 5.74) is 1.22. The molecular weight excluding hydrogens is 343 g/mol. The van der Waals surface area contributed by atoms with Crippen molar-refractivity contribution in [2.45, 2.75) is 31.2 Å². The van der Waals surface area contributed by atoms with Crippen molar-refractivity contribution in [3.8, 4) is 0 Å². The third-order valence-corrected chi connectivity index (χ3v) is 5.27. The number of nitrogens with one attached hydrogen (secondary N) is 2. The third-order valence-electron chi connectivity index (χ3n) is 4.43. The van der Waals surface area contributed by atoms with Gasteiger partial charge in [0.2, 0.25) is 0 Å². The van der Waals surface area contributed by atoms with Gasteiger partial charge in [0.05, 0.1) is 5.75 Å². The maximum absolute atomic E-state index is 13.6. The van der Waals surface area contributed by atoms with Crippen LogP contribution in [-0.2, 0) is 22.1 Å². The molecule has 8 heteroatoms. The normalized spacial score (nSPS) is 19.2. The summed E-state index contributed by atoms with van der Waals surface area (Å²) in [5.74, 6) is 0.128. The molecule has 1 atom stereocenters. The first-order valence-electron chi connectivity index (χ1n) is 8.38. The standard InChI is InChI=1S/C17H27FN4O2S/c1-19-17(21-11-16-5-4-8-22(16)2)20-10-14-9-15(18)7-6-13(14)12-25(3,23)24/h6-7,9,16H,4-5,8,10-12H2,1-3H3,(H2,19,20,21). The summed E-state index contributed by atoms with van der Waals surface area (Å²) in [6.07, 6.45) is 3.53. The third kappa shape index (κ3) is 6.28. The number of aliphatic imine (C=N–C) groups is 1. The summed E-state index contributed by atoms with van der Waals surface area (Å²) in [7, 11) is 0.602. The van der Waals surface area contributed by atoms with Crippen LogP contribution < -0.4 is 10.6 Å². The summed E-state index contributed by atoms with van der Waals surface area (Å²) in [4.78, 5) is 6.50. The second-order valence-corrected chi connectivity index (χ2v) is 8.71. The Balaban J connectivity index is 1.97. The molecule has 1 aliphatic heterocycles. The maximum atomic E-state index is 13.6. The van der Waals surface area contributed by atoms with Gasteiger partial charge in [-0.3, -0.25) is 4.99 Å². The second kappa shape index (κ2) is 8.62. The van der Waals surface area contributed by atoms with Crippen molar-refractivity contribution in [3.05, 3.63) is 35.1 Å². The molecule has 1 aliphatic rings. The highest BCUT2D eigenvalue weighted by Crippen LogP contribution is 2.15. The number of hydrogen-bond donors (Lipinski definition) is 2. The molecule has 1 heterocycles. The highest BCUT2D eigenvalue weighted by atomic mass is 32.2. The van der Waals surface area contributed by atoms with Crippen LogP contribution in [0, 0.1) is 5.82 Å². The predicted octanol–water partition coefficient (Wildman–Crippen LogP) is 1.13. The molecule has 1 aromatic rings. The van der Waals surface area contributed by atoms with E-state index in [9.17, 15) is 12.8 Å². The Morgan fingerprint density at radius 1 is 1.36 bits per heavy atom. The number of hydrogen-bond acceptors (Lipinski definition) is 4. The fraction of sp³-hybridized carbons (Fsp3) is 0.588. The molecule has 1 aromatic carbocycles. The van der Waals surface area contributed by atoms with Crippen LogP contribution in [0.25, 0.3) is 0 Å². The average Bonchev–Trinajstić information content (AvgIpc) is 2.94. The molecule has 0 bridgehead atoms. The van der Waals surface area contributed by atoms with Crippen LogP contribution in [0.3, 0.4) is 0 Å². The van der Waals surface area contributed by atoms with Crippen LogP contribution in [0.15, 0.2) is 23.2 Å². The van der Waals surface area contributed by atoms with E-state index in [0.717, 1.165) is 19.5 Å². The van der Waals surface area contributed by atoms with Gasteiger partial charge in [-0.25, -0.2) is 12.8 Å². The monoisotopic (exact) mass is 370 g/mol. The Hall–Kier alpha value is -1.67. The van der Waals surface area contributed by atoms with Gasteiger partial charge in [-0.2, -0.15) is 0 Å². The van der Waals surface area contributed by atoms with E-state index in [4.69, 9.17) is 0 Å². The second-order valence-electron chi connectivity index (χ2n) is 6.57. The van der Waals surface area contributed by atoms with Crippen LogP contribution >= 0.6 is 0 Å². The van der Waals surface area contributed by atoms with Crippen molar-refractivity contribution in [1.29, 1.82) is 0 Å². The van der Waals surface area contributed by atoms with Gasteiger partial charge < -0.3 is 15.5 Å². The van der Waals surface area contributed by atoms with E-state index in [1.807, 2.05) is 0 Å². The molecule has 1 saturated heterocycles. The molecule has 2 rings (SSSR count). The summed E-state index contributed by atoms with van der Waals surface area (Å²) in [5, 5.41) is 6.42. The van der Waals surface area contributed by atoms with Crippen molar-refractivity contribution in [2.24, 2.45) is 4.99 Å². The Morgan fingerprint density at radius 3 is 2.72 bits per heavy atom. The minimum Gasteiger partial charge on any atom is -0.355 e. The number of sulfone groups is 1. The van der Waals surface area contributed by atoms with Crippen LogP contribution in [0.2, 0.25) is 0 Å². The molecule has 0 saturated carbocycles. The zero-order valence-corrected chi connectivity index (χ0v) is 15.9. The molecule has 0 aliphatic carbocycles. The SMILES string of the molecule is CN=C(NCc1cc(F)ccc1CS(C)(=O)=O)NCC1CCCN1C. The number of likely N-dealkylation sites (tertiary alicyclic amines) is 1. The molecule has 2 N–H and O–H groups in total. The van der Waals surface area contributed by atoms with Crippen molar-refractivity contribution < 1.29 is 12.8 Å². The van der Waals surface area contributed by atoms with Crippen LogP contribution in [0.4, 0.5) is 4.39 Å². The summed E-state index contributed by atoms with van der Waals surface area (Å²) in [6, 6.07) is 4.66. The Kier molecular flexibility index (Phi) is 6.78. The number of nitrogens with zero attached hydrogens (tertiary/aromatic N) is 2. The Bertz CT molecular complexity index is 721. The number of likely N-dealkylation sites (N-methyl/N-ethyl adjacent to an activating group) is 1. The lowest BCUT2D eigenvalue weighted by Crippen LogP contribution is -2.43. The van der Waals surface area contributed by atoms with E-state index in [0.29, 0.717) is 29.7 Å². The van der Waals surface area contributed by atoms with Gasteiger partial charge in [0.15, 0.2) is 15.8 Å². The van der Waals surface area contributed by atoms with Crippen molar-refractivity contribution in [1.82, 2.24) is 15.5 Å². The molecule has 25 heavy (non-hydrogen) atoms. The minimum atomic E-state index is -3.19. The van der Waals surface area contributed by atoms with E-state index in [-0.39, 0.29) is 11.6 Å². The van der Waals surface area contributed by atoms with Gasteiger partial charge in [-0.1, -0.05) is 6.07 Å². The predicted molar refractivity (Wildman–Crippen MR) is 98.8 cm³/mol. The van der Waals surface area contributed by atoms with Crippen molar-refractivity contribution in [3.63, 3.8) is 0 Å². The van der Waals surface area contributed by atoms with Crippen molar-refractivity contribution >= 4 is 15.8 Å². The quantitative estimate of drug-likeness (QED) is 0.580. The van der Waals surface area contributed by atoms with Crippen LogP contribution in [0.1, 0.15) is 24.0 Å². The number of halogens is 1. The first kappa shape index (κ1) is 19.7. The Morgan fingerprint density at radius 2 is 2.12 bits per heavy atom. The van der Waals surface area contributed by atoms with Gasteiger partial charge in [0, 0.05) is 32.4 Å². The Labute approximate surface area is 149 Å². The van der Waals surface area contributed by atoms with Gasteiger partial charge in [-0.15, -0.1) is 0 Å². The lowest BCUT2D eigenvalue weighted by molar-refractivity contribution is 0.309. The molecule has 1 fully saturated rings. The lowest BCUT2D eigenvalue weighted by atomic mass is 10.1. The lowest BCUT2D eigenvalue weighted by Gasteiger charge is -2.21. The zero-order chi connectivity index (χ0) is 18.4. The highest BCUT2D eigenvalue weighted by molar-refractivity contribution is 7.89. The van der Waals surface area contributed by atoms with E-state index < -0.39 is 9.84 Å². The highest BCUT2D eigenvalue weighted by Gasteiger charge is 2.20. The van der Waals surface area contributed by atoms with Gasteiger partial charge in [0.1, 0.15) is 5.82 Å². The van der Waals surface area contributed by atoms with Gasteiger partial charge in [-0.05, 0) is 49.7 Å². The molecule has 0 amide bonds. The first-order chi connectivity index (χ1) is 11.8. The van der Waals surface area contributed by atoms with E-state index >= 15 is 0 Å². The number of rotatable bonds is 6. The summed E-state index contributed by atoms with van der Waals surface area (Å²) >= 11 is 0. The molecule has 0 aromatic heterocycles. The fourth-order valence-electron chi connectivity index (χ4n) is 3.03. The molecule has 1 unspecified atom stereocenters. The molecule has 0 radical (unpaired) electrons. The first-order valence-corrected chi connectivity index (χ1v) is 10.4. The van der Waals surface area contributed by atoms with Crippen molar-refractivity contribution in [2.75, 3.05) is 33.4 Å². The van der Waals surface area contributed by atoms with Gasteiger partial charge >= 0.3 is 0 Å². The fourth-order valence-corrected chi connectivity index (χ4v) is 3.88. The van der Waals surface area contributed by atoms with Gasteiger partial charge in [0.25, 0.3) is 0 Å². The number of guanidine groups is 1. The number of benzene rings is 1. The minimum absolute atomic E-state index is 0.108. The largest absolute Gasteiger partial charge is 0.355 e. The summed E-state index contributed by atoms with van der Waals surface area (Å²) in [6.45, 7) is 2.20. The maximum Gasteiger partial charge on any atom is 0.191 e. The molecule has 140 valence electrons. The molecule has 6 nitrogen and oxygen atoms in total. The average molecular weight is 370 g/mol. The molecule has 0 spiro atoms. The zero-order valence-electron chi connectivity index (χ0n) is 15.0.